The molecule has 1 saturated heterocycles. The molecule has 1 fully saturated rings. The van der Waals surface area contributed by atoms with Crippen molar-refractivity contribution in [2.24, 2.45) is 11.7 Å². The zero-order chi connectivity index (χ0) is 14.7. The third kappa shape index (κ3) is 3.28. The van der Waals surface area contributed by atoms with Crippen molar-refractivity contribution >= 4 is 11.8 Å². The lowest BCUT2D eigenvalue weighted by Crippen LogP contribution is -2.34. The van der Waals surface area contributed by atoms with Gasteiger partial charge in [0.2, 0.25) is 5.95 Å². The van der Waals surface area contributed by atoms with Gasteiger partial charge in [-0.15, -0.1) is 0 Å². The monoisotopic (exact) mass is 289 g/mol. The van der Waals surface area contributed by atoms with E-state index in [1.54, 1.807) is 0 Å². The maximum Gasteiger partial charge on any atom is 0.227 e. The Labute approximate surface area is 127 Å². The molecule has 1 aliphatic heterocycles. The summed E-state index contributed by atoms with van der Waals surface area (Å²) in [7, 11) is 0. The second-order valence-electron chi connectivity index (χ2n) is 6.39. The average molecular weight is 289 g/mol. The summed E-state index contributed by atoms with van der Waals surface area (Å²) in [6.07, 6.45) is 6.89. The molecule has 3 rings (SSSR count). The van der Waals surface area contributed by atoms with Crippen LogP contribution in [0.5, 0.6) is 0 Å². The molecule has 0 radical (unpaired) electrons. The number of hydrogen-bond donors (Lipinski definition) is 2. The number of piperidine rings is 1. The minimum absolute atomic E-state index is 0.719. The molecular formula is C16H27N5. The van der Waals surface area contributed by atoms with Gasteiger partial charge >= 0.3 is 0 Å². The molecule has 2 heterocycles. The van der Waals surface area contributed by atoms with Crippen LogP contribution in [0, 0.1) is 5.92 Å². The highest BCUT2D eigenvalue weighted by atomic mass is 15.3. The molecule has 1 aromatic heterocycles. The average Bonchev–Trinajstić information content (AvgIpc) is 2.96. The van der Waals surface area contributed by atoms with Crippen molar-refractivity contribution in [2.75, 3.05) is 36.4 Å². The highest BCUT2D eigenvalue weighted by molar-refractivity contribution is 5.53. The Morgan fingerprint density at radius 1 is 1.24 bits per heavy atom. The molecule has 3 N–H and O–H groups in total. The van der Waals surface area contributed by atoms with Gasteiger partial charge in [0.05, 0.1) is 5.69 Å². The standard InChI is InChI=1S/C16H27N5/c1-12-6-10-21(11-7-12)16-19-14-5-2-4-13(14)15(20-16)18-9-3-8-17/h12H,2-11,17H2,1H3,(H,18,19,20). The number of nitrogens with zero attached hydrogens (tertiary/aromatic N) is 3. The SMILES string of the molecule is CC1CCN(c2nc3c(c(NCCCN)n2)CCC3)CC1. The van der Waals surface area contributed by atoms with Gasteiger partial charge < -0.3 is 16.0 Å². The zero-order valence-electron chi connectivity index (χ0n) is 13.1. The molecule has 5 heteroatoms. The predicted molar refractivity (Wildman–Crippen MR) is 86.8 cm³/mol. The molecule has 0 atom stereocenters. The highest BCUT2D eigenvalue weighted by Gasteiger charge is 2.23. The van der Waals surface area contributed by atoms with E-state index in [0.29, 0.717) is 0 Å². The molecule has 0 bridgehead atoms. The van der Waals surface area contributed by atoms with Crippen LogP contribution in [0.3, 0.4) is 0 Å². The number of rotatable bonds is 5. The predicted octanol–water partition coefficient (Wildman–Crippen LogP) is 1.96. The summed E-state index contributed by atoms with van der Waals surface area (Å²) >= 11 is 0. The Hall–Kier alpha value is -1.36. The molecule has 1 aliphatic carbocycles. The van der Waals surface area contributed by atoms with Gasteiger partial charge in [0, 0.05) is 25.2 Å². The summed E-state index contributed by atoms with van der Waals surface area (Å²) in [4.78, 5) is 12.0. The molecule has 0 saturated carbocycles. The van der Waals surface area contributed by atoms with Crippen LogP contribution in [0.4, 0.5) is 11.8 Å². The fourth-order valence-corrected chi connectivity index (χ4v) is 3.22. The highest BCUT2D eigenvalue weighted by Crippen LogP contribution is 2.29. The third-order valence-corrected chi connectivity index (χ3v) is 4.66. The molecule has 0 amide bonds. The zero-order valence-corrected chi connectivity index (χ0v) is 13.1. The summed E-state index contributed by atoms with van der Waals surface area (Å²) in [5, 5.41) is 3.48. The van der Waals surface area contributed by atoms with Crippen molar-refractivity contribution in [1.82, 2.24) is 9.97 Å². The Balaban J connectivity index is 1.79. The van der Waals surface area contributed by atoms with E-state index in [-0.39, 0.29) is 0 Å². The minimum Gasteiger partial charge on any atom is -0.370 e. The maximum atomic E-state index is 5.58. The molecule has 1 aromatic rings. The topological polar surface area (TPSA) is 67.1 Å². The van der Waals surface area contributed by atoms with E-state index in [0.717, 1.165) is 63.1 Å². The van der Waals surface area contributed by atoms with Gasteiger partial charge in [-0.2, -0.15) is 4.98 Å². The molecule has 0 spiro atoms. The fourth-order valence-electron chi connectivity index (χ4n) is 3.22. The van der Waals surface area contributed by atoms with Gasteiger partial charge in [0.15, 0.2) is 0 Å². The van der Waals surface area contributed by atoms with Gasteiger partial charge in [-0.05, 0) is 51.0 Å². The summed E-state index contributed by atoms with van der Waals surface area (Å²) in [6, 6.07) is 0. The summed E-state index contributed by atoms with van der Waals surface area (Å²) < 4.78 is 0. The van der Waals surface area contributed by atoms with E-state index in [4.69, 9.17) is 15.7 Å². The van der Waals surface area contributed by atoms with Crippen LogP contribution in [-0.4, -0.2) is 36.1 Å². The Kier molecular flexibility index (Phi) is 4.58. The van der Waals surface area contributed by atoms with E-state index >= 15 is 0 Å². The third-order valence-electron chi connectivity index (χ3n) is 4.66. The van der Waals surface area contributed by atoms with Crippen molar-refractivity contribution in [3.8, 4) is 0 Å². The van der Waals surface area contributed by atoms with Gasteiger partial charge in [0.1, 0.15) is 5.82 Å². The van der Waals surface area contributed by atoms with Crippen LogP contribution in [0.2, 0.25) is 0 Å². The quantitative estimate of drug-likeness (QED) is 0.811. The molecule has 0 aromatic carbocycles. The Bertz CT molecular complexity index is 480. The lowest BCUT2D eigenvalue weighted by Gasteiger charge is -2.30. The van der Waals surface area contributed by atoms with Crippen molar-refractivity contribution in [3.05, 3.63) is 11.3 Å². The number of fused-ring (bicyclic) bond motifs is 1. The van der Waals surface area contributed by atoms with Gasteiger partial charge in [-0.1, -0.05) is 6.92 Å². The largest absolute Gasteiger partial charge is 0.370 e. The van der Waals surface area contributed by atoms with Gasteiger partial charge in [0.25, 0.3) is 0 Å². The smallest absolute Gasteiger partial charge is 0.227 e. The summed E-state index contributed by atoms with van der Waals surface area (Å²) in [5.41, 5.74) is 8.18. The van der Waals surface area contributed by atoms with Crippen LogP contribution in [0.25, 0.3) is 0 Å². The van der Waals surface area contributed by atoms with E-state index < -0.39 is 0 Å². The first-order valence-electron chi connectivity index (χ1n) is 8.36. The van der Waals surface area contributed by atoms with Crippen molar-refractivity contribution < 1.29 is 0 Å². The first-order valence-corrected chi connectivity index (χ1v) is 8.36. The minimum atomic E-state index is 0.719. The van der Waals surface area contributed by atoms with Crippen LogP contribution < -0.4 is 16.0 Å². The Morgan fingerprint density at radius 3 is 2.81 bits per heavy atom. The summed E-state index contributed by atoms with van der Waals surface area (Å²) in [6.45, 7) is 6.12. The van der Waals surface area contributed by atoms with Crippen LogP contribution in [-0.2, 0) is 12.8 Å². The first kappa shape index (κ1) is 14.6. The second-order valence-corrected chi connectivity index (χ2v) is 6.39. The number of nitrogens with two attached hydrogens (primary N) is 1. The van der Waals surface area contributed by atoms with Crippen molar-refractivity contribution in [1.29, 1.82) is 0 Å². The molecule has 116 valence electrons. The van der Waals surface area contributed by atoms with E-state index in [1.165, 1.54) is 30.5 Å². The number of anilines is 2. The van der Waals surface area contributed by atoms with E-state index in [9.17, 15) is 0 Å². The molecule has 0 unspecified atom stereocenters. The second kappa shape index (κ2) is 6.60. The van der Waals surface area contributed by atoms with Gasteiger partial charge in [-0.25, -0.2) is 4.98 Å². The molecule has 21 heavy (non-hydrogen) atoms. The summed E-state index contributed by atoms with van der Waals surface area (Å²) in [5.74, 6) is 2.81. The lowest BCUT2D eigenvalue weighted by molar-refractivity contribution is 0.434. The normalized spacial score (nSPS) is 18.9. The lowest BCUT2D eigenvalue weighted by atomic mass is 10.00. The van der Waals surface area contributed by atoms with Crippen LogP contribution in [0.15, 0.2) is 0 Å². The first-order chi connectivity index (χ1) is 10.3. The van der Waals surface area contributed by atoms with E-state index in [1.807, 2.05) is 0 Å². The Morgan fingerprint density at radius 2 is 2.05 bits per heavy atom. The number of aryl methyl sites for hydroxylation is 1. The maximum absolute atomic E-state index is 5.58. The van der Waals surface area contributed by atoms with Crippen molar-refractivity contribution in [3.63, 3.8) is 0 Å². The molecular weight excluding hydrogens is 262 g/mol. The van der Waals surface area contributed by atoms with Gasteiger partial charge in [-0.3, -0.25) is 0 Å². The number of nitrogens with one attached hydrogen (secondary N) is 1. The van der Waals surface area contributed by atoms with Crippen LogP contribution >= 0.6 is 0 Å². The number of aromatic nitrogens is 2. The fraction of sp³-hybridized carbons (Fsp3) is 0.750. The van der Waals surface area contributed by atoms with Crippen LogP contribution in [0.1, 0.15) is 43.9 Å². The van der Waals surface area contributed by atoms with Crippen molar-refractivity contribution in [2.45, 2.75) is 45.4 Å². The van der Waals surface area contributed by atoms with E-state index in [2.05, 4.69) is 17.1 Å². The molecule has 2 aliphatic rings. The molecule has 5 nitrogen and oxygen atoms in total. The number of hydrogen-bond acceptors (Lipinski definition) is 5.